The van der Waals surface area contributed by atoms with Crippen LogP contribution in [0.2, 0.25) is 5.02 Å². The molecule has 1 heterocycles. The van der Waals surface area contributed by atoms with Gasteiger partial charge in [-0.25, -0.2) is 0 Å². The van der Waals surface area contributed by atoms with Crippen LogP contribution in [0.3, 0.4) is 0 Å². The first-order valence-electron chi connectivity index (χ1n) is 10.5. The van der Waals surface area contributed by atoms with Crippen LogP contribution in [0.1, 0.15) is 44.0 Å². The molecule has 7 heteroatoms. The number of hydrogen-bond donors (Lipinski definition) is 1. The van der Waals surface area contributed by atoms with Gasteiger partial charge in [0.05, 0.1) is 31.2 Å². The number of carbonyl (C=O) groups excluding carboxylic acids is 1. The minimum atomic E-state index is -0.261. The van der Waals surface area contributed by atoms with Crippen LogP contribution < -0.4 is 24.4 Å². The predicted molar refractivity (Wildman–Crippen MR) is 121 cm³/mol. The number of hydrogen-bond acceptors (Lipinski definition) is 5. The van der Waals surface area contributed by atoms with Gasteiger partial charge in [0.25, 0.3) is 5.91 Å². The number of rotatable bonds is 9. The van der Waals surface area contributed by atoms with E-state index in [1.807, 2.05) is 32.9 Å². The number of benzene rings is 2. The number of nitrogens with zero attached hydrogens (tertiary/aromatic N) is 1. The molecule has 0 spiro atoms. The molecule has 0 aliphatic carbocycles. The molecule has 1 aliphatic heterocycles. The van der Waals surface area contributed by atoms with E-state index < -0.39 is 0 Å². The fourth-order valence-electron chi connectivity index (χ4n) is 3.56. The molecule has 0 saturated carbocycles. The summed E-state index contributed by atoms with van der Waals surface area (Å²) < 4.78 is 17.2. The van der Waals surface area contributed by atoms with Crippen molar-refractivity contribution in [2.75, 3.05) is 43.1 Å². The van der Waals surface area contributed by atoms with Crippen molar-refractivity contribution < 1.29 is 19.0 Å². The summed E-state index contributed by atoms with van der Waals surface area (Å²) in [7, 11) is 0. The van der Waals surface area contributed by atoms with Gasteiger partial charge in [-0.2, -0.15) is 0 Å². The predicted octanol–water partition coefficient (Wildman–Crippen LogP) is 5.39. The van der Waals surface area contributed by atoms with Gasteiger partial charge < -0.3 is 24.4 Å². The van der Waals surface area contributed by atoms with Crippen LogP contribution in [0.25, 0.3) is 0 Å². The monoisotopic (exact) mass is 432 g/mol. The first-order valence-corrected chi connectivity index (χ1v) is 10.9. The molecule has 0 unspecified atom stereocenters. The third-order valence-corrected chi connectivity index (χ3v) is 5.06. The largest absolute Gasteiger partial charge is 0.490 e. The van der Waals surface area contributed by atoms with E-state index in [1.165, 1.54) is 0 Å². The van der Waals surface area contributed by atoms with Crippen molar-refractivity contribution in [2.45, 2.75) is 33.6 Å². The Bertz CT molecular complexity index is 854. The van der Waals surface area contributed by atoms with Gasteiger partial charge in [-0.15, -0.1) is 0 Å². The molecule has 1 amide bonds. The van der Waals surface area contributed by atoms with E-state index in [4.69, 9.17) is 25.8 Å². The quantitative estimate of drug-likeness (QED) is 0.575. The van der Waals surface area contributed by atoms with Crippen LogP contribution in [0.5, 0.6) is 17.2 Å². The third kappa shape index (κ3) is 5.11. The van der Waals surface area contributed by atoms with Crippen molar-refractivity contribution in [3.63, 3.8) is 0 Å². The maximum atomic E-state index is 13.1. The van der Waals surface area contributed by atoms with E-state index in [1.54, 1.807) is 18.2 Å². The molecule has 3 rings (SSSR count). The van der Waals surface area contributed by atoms with Crippen LogP contribution in [0, 0.1) is 0 Å². The normalized spacial score (nSPS) is 13.3. The van der Waals surface area contributed by atoms with Gasteiger partial charge in [-0.05, 0) is 63.9 Å². The van der Waals surface area contributed by atoms with Crippen molar-refractivity contribution >= 4 is 28.9 Å². The maximum Gasteiger partial charge on any atom is 0.255 e. The van der Waals surface area contributed by atoms with Crippen LogP contribution in [0.4, 0.5) is 11.4 Å². The Morgan fingerprint density at radius 1 is 0.967 bits per heavy atom. The lowest BCUT2D eigenvalue weighted by atomic mass is 10.1. The van der Waals surface area contributed by atoms with Crippen molar-refractivity contribution in [1.82, 2.24) is 0 Å². The van der Waals surface area contributed by atoms with Gasteiger partial charge in [-0.3, -0.25) is 4.79 Å². The molecule has 6 nitrogen and oxygen atoms in total. The highest BCUT2D eigenvalue weighted by Gasteiger charge is 2.21. The number of amides is 1. The summed E-state index contributed by atoms with van der Waals surface area (Å²) in [4.78, 5) is 15.4. The number of anilines is 2. The Morgan fingerprint density at radius 3 is 2.13 bits per heavy atom. The average Bonchev–Trinajstić information content (AvgIpc) is 3.25. The van der Waals surface area contributed by atoms with Crippen LogP contribution >= 0.6 is 11.6 Å². The zero-order valence-corrected chi connectivity index (χ0v) is 18.6. The average molecular weight is 433 g/mol. The Kier molecular flexibility index (Phi) is 7.69. The van der Waals surface area contributed by atoms with E-state index in [9.17, 15) is 4.79 Å². The molecule has 2 aromatic carbocycles. The minimum absolute atomic E-state index is 0.261. The highest BCUT2D eigenvalue weighted by molar-refractivity contribution is 6.31. The second kappa shape index (κ2) is 10.4. The highest BCUT2D eigenvalue weighted by Crippen LogP contribution is 2.40. The Balaban J connectivity index is 1.94. The summed E-state index contributed by atoms with van der Waals surface area (Å²) in [6.07, 6.45) is 2.29. The number of halogens is 1. The molecule has 0 radical (unpaired) electrons. The molecule has 1 N–H and O–H groups in total. The molecule has 1 saturated heterocycles. The first-order chi connectivity index (χ1) is 14.6. The minimum Gasteiger partial charge on any atom is -0.490 e. The lowest BCUT2D eigenvalue weighted by Crippen LogP contribution is -2.21. The van der Waals surface area contributed by atoms with Crippen LogP contribution in [-0.4, -0.2) is 38.8 Å². The standard InChI is InChI=1S/C23H29ClN2O4/c1-4-28-20-13-16(14-21(29-5-2)22(20)30-6-3)23(27)25-18-15-17(24)9-10-19(18)26-11-7-8-12-26/h9-10,13-15H,4-8,11-12H2,1-3H3,(H,25,27). The van der Waals surface area contributed by atoms with E-state index in [0.29, 0.717) is 53.3 Å². The summed E-state index contributed by atoms with van der Waals surface area (Å²) in [5.74, 6) is 1.23. The van der Waals surface area contributed by atoms with Crippen molar-refractivity contribution in [1.29, 1.82) is 0 Å². The van der Waals surface area contributed by atoms with Gasteiger partial charge in [0.15, 0.2) is 11.5 Å². The molecular formula is C23H29ClN2O4. The van der Waals surface area contributed by atoms with Crippen LogP contribution in [0.15, 0.2) is 30.3 Å². The molecule has 2 aromatic rings. The topological polar surface area (TPSA) is 60.0 Å². The maximum absolute atomic E-state index is 13.1. The molecule has 1 aliphatic rings. The number of carbonyl (C=O) groups is 1. The van der Waals surface area contributed by atoms with Crippen molar-refractivity contribution in [2.24, 2.45) is 0 Å². The zero-order valence-electron chi connectivity index (χ0n) is 17.8. The molecular weight excluding hydrogens is 404 g/mol. The van der Waals surface area contributed by atoms with Crippen molar-refractivity contribution in [3.05, 3.63) is 40.9 Å². The van der Waals surface area contributed by atoms with Crippen molar-refractivity contribution in [3.8, 4) is 17.2 Å². The molecule has 162 valence electrons. The van der Waals surface area contributed by atoms with E-state index in [2.05, 4.69) is 10.2 Å². The Hall–Kier alpha value is -2.60. The summed E-state index contributed by atoms with van der Waals surface area (Å²) in [6.45, 7) is 8.97. The second-order valence-corrected chi connectivity index (χ2v) is 7.35. The molecule has 0 aromatic heterocycles. The van der Waals surface area contributed by atoms with E-state index >= 15 is 0 Å². The summed E-state index contributed by atoms with van der Waals surface area (Å²) in [6, 6.07) is 8.97. The first kappa shape index (κ1) is 22.1. The van der Waals surface area contributed by atoms with Crippen LogP contribution in [-0.2, 0) is 0 Å². The van der Waals surface area contributed by atoms with Gasteiger partial charge >= 0.3 is 0 Å². The smallest absolute Gasteiger partial charge is 0.255 e. The van der Waals surface area contributed by atoms with Gasteiger partial charge in [0.1, 0.15) is 0 Å². The lowest BCUT2D eigenvalue weighted by Gasteiger charge is -2.22. The number of nitrogens with one attached hydrogen (secondary N) is 1. The molecule has 30 heavy (non-hydrogen) atoms. The lowest BCUT2D eigenvalue weighted by molar-refractivity contribution is 0.102. The summed E-state index contributed by atoms with van der Waals surface area (Å²) in [5, 5.41) is 3.59. The third-order valence-electron chi connectivity index (χ3n) is 4.82. The molecule has 0 bridgehead atoms. The van der Waals surface area contributed by atoms with E-state index in [0.717, 1.165) is 31.6 Å². The fraction of sp³-hybridized carbons (Fsp3) is 0.435. The SMILES string of the molecule is CCOc1cc(C(=O)Nc2cc(Cl)ccc2N2CCCC2)cc(OCC)c1OCC. The van der Waals surface area contributed by atoms with E-state index in [-0.39, 0.29) is 5.91 Å². The Morgan fingerprint density at radius 2 is 1.57 bits per heavy atom. The van der Waals surface area contributed by atoms with Gasteiger partial charge in [0, 0.05) is 23.7 Å². The summed E-state index contributed by atoms with van der Waals surface area (Å²) >= 11 is 6.22. The van der Waals surface area contributed by atoms with Gasteiger partial charge in [-0.1, -0.05) is 11.6 Å². The summed E-state index contributed by atoms with van der Waals surface area (Å²) in [5.41, 5.74) is 2.10. The van der Waals surface area contributed by atoms with Gasteiger partial charge in [0.2, 0.25) is 5.75 Å². The number of ether oxygens (including phenoxy) is 3. The fourth-order valence-corrected chi connectivity index (χ4v) is 3.73. The Labute approximate surface area is 183 Å². The molecule has 1 fully saturated rings. The second-order valence-electron chi connectivity index (χ2n) is 6.91. The highest BCUT2D eigenvalue weighted by atomic mass is 35.5. The molecule has 0 atom stereocenters. The zero-order chi connectivity index (χ0) is 21.5.